The molecule has 1 atom stereocenters. The average molecular weight is 265 g/mol. The zero-order valence-corrected chi connectivity index (χ0v) is 9.93. The van der Waals surface area contributed by atoms with Crippen molar-refractivity contribution < 1.29 is 22.3 Å². The normalized spacial score (nSPS) is 13.4. The van der Waals surface area contributed by atoms with E-state index in [4.69, 9.17) is 10.5 Å². The Morgan fingerprint density at radius 1 is 1.33 bits per heavy atom. The van der Waals surface area contributed by atoms with Crippen LogP contribution in [-0.2, 0) is 0 Å². The highest BCUT2D eigenvalue weighted by Crippen LogP contribution is 2.27. The number of nitrogens with two attached hydrogens (primary N) is 1. The highest BCUT2D eigenvalue weighted by Gasteiger charge is 2.26. The number of hydrogen-bond donors (Lipinski definition) is 1. The molecule has 0 amide bonds. The topological polar surface area (TPSA) is 35.2 Å². The molecule has 0 aromatic heterocycles. The van der Waals surface area contributed by atoms with Crippen LogP contribution in [0, 0.1) is 5.82 Å². The number of alkyl halides is 3. The van der Waals surface area contributed by atoms with Crippen LogP contribution in [0.4, 0.5) is 17.6 Å². The van der Waals surface area contributed by atoms with Crippen LogP contribution in [0.15, 0.2) is 18.2 Å². The lowest BCUT2D eigenvalue weighted by Gasteiger charge is -2.15. The SMILES string of the molecule is CC(N)c1c(F)cccc1OCCCC(F)(F)F. The summed E-state index contributed by atoms with van der Waals surface area (Å²) >= 11 is 0. The zero-order valence-electron chi connectivity index (χ0n) is 9.93. The Morgan fingerprint density at radius 3 is 2.56 bits per heavy atom. The van der Waals surface area contributed by atoms with Crippen LogP contribution in [0.25, 0.3) is 0 Å². The Hall–Kier alpha value is -1.30. The molecule has 1 aromatic carbocycles. The molecule has 6 heteroatoms. The van der Waals surface area contributed by atoms with Crippen molar-refractivity contribution in [3.8, 4) is 5.75 Å². The molecular weight excluding hydrogens is 250 g/mol. The fraction of sp³-hybridized carbons (Fsp3) is 0.500. The van der Waals surface area contributed by atoms with Gasteiger partial charge in [-0.3, -0.25) is 0 Å². The van der Waals surface area contributed by atoms with Crippen molar-refractivity contribution in [2.75, 3.05) is 6.61 Å². The molecule has 0 aliphatic rings. The molecular formula is C12H15F4NO. The van der Waals surface area contributed by atoms with Crippen LogP contribution in [-0.4, -0.2) is 12.8 Å². The molecule has 1 aromatic rings. The first-order valence-corrected chi connectivity index (χ1v) is 5.55. The van der Waals surface area contributed by atoms with Gasteiger partial charge < -0.3 is 10.5 Å². The largest absolute Gasteiger partial charge is 0.493 e. The lowest BCUT2D eigenvalue weighted by molar-refractivity contribution is -0.136. The Kier molecular flexibility index (Phi) is 4.95. The molecule has 0 fully saturated rings. The molecule has 0 saturated carbocycles. The second-order valence-corrected chi connectivity index (χ2v) is 4.01. The van der Waals surface area contributed by atoms with Gasteiger partial charge in [-0.2, -0.15) is 13.2 Å². The van der Waals surface area contributed by atoms with Crippen molar-refractivity contribution in [2.45, 2.75) is 32.0 Å². The first-order valence-electron chi connectivity index (χ1n) is 5.55. The standard InChI is InChI=1S/C12H15F4NO/c1-8(17)11-9(13)4-2-5-10(11)18-7-3-6-12(14,15)16/h2,4-5,8H,3,6-7,17H2,1H3. The molecule has 0 saturated heterocycles. The van der Waals surface area contributed by atoms with E-state index in [9.17, 15) is 17.6 Å². The Morgan fingerprint density at radius 2 is 2.00 bits per heavy atom. The highest BCUT2D eigenvalue weighted by molar-refractivity contribution is 5.36. The minimum Gasteiger partial charge on any atom is -0.493 e. The molecule has 0 aliphatic heterocycles. The number of halogens is 4. The van der Waals surface area contributed by atoms with Crippen molar-refractivity contribution in [3.05, 3.63) is 29.6 Å². The second-order valence-electron chi connectivity index (χ2n) is 4.01. The summed E-state index contributed by atoms with van der Waals surface area (Å²) in [6, 6.07) is 3.58. The highest BCUT2D eigenvalue weighted by atomic mass is 19.4. The van der Waals surface area contributed by atoms with E-state index in [0.29, 0.717) is 0 Å². The van der Waals surface area contributed by atoms with Crippen LogP contribution in [0.5, 0.6) is 5.75 Å². The fourth-order valence-electron chi connectivity index (χ4n) is 1.54. The minimum atomic E-state index is -4.20. The Labute approximate surface area is 103 Å². The lowest BCUT2D eigenvalue weighted by Crippen LogP contribution is -2.13. The quantitative estimate of drug-likeness (QED) is 0.652. The monoisotopic (exact) mass is 265 g/mol. The molecule has 2 nitrogen and oxygen atoms in total. The van der Waals surface area contributed by atoms with E-state index in [1.54, 1.807) is 6.92 Å². The van der Waals surface area contributed by atoms with Gasteiger partial charge in [0.25, 0.3) is 0 Å². The van der Waals surface area contributed by atoms with E-state index in [1.807, 2.05) is 0 Å². The summed E-state index contributed by atoms with van der Waals surface area (Å²) in [5, 5.41) is 0. The number of benzene rings is 1. The summed E-state index contributed by atoms with van der Waals surface area (Å²) in [7, 11) is 0. The summed E-state index contributed by atoms with van der Waals surface area (Å²) in [5.41, 5.74) is 5.77. The zero-order chi connectivity index (χ0) is 13.8. The molecule has 0 spiro atoms. The summed E-state index contributed by atoms with van der Waals surface area (Å²) in [5.74, 6) is -0.314. The molecule has 0 heterocycles. The summed E-state index contributed by atoms with van der Waals surface area (Å²) in [6.45, 7) is 1.46. The first-order chi connectivity index (χ1) is 8.31. The van der Waals surface area contributed by atoms with Crippen molar-refractivity contribution in [1.29, 1.82) is 0 Å². The van der Waals surface area contributed by atoms with Crippen LogP contribution < -0.4 is 10.5 Å². The molecule has 0 radical (unpaired) electrons. The summed E-state index contributed by atoms with van der Waals surface area (Å²) in [6.07, 6.45) is -5.29. The van der Waals surface area contributed by atoms with Gasteiger partial charge in [-0.1, -0.05) is 6.07 Å². The molecule has 0 bridgehead atoms. The minimum absolute atomic E-state index is 0.122. The van der Waals surface area contributed by atoms with Crippen LogP contribution in [0.3, 0.4) is 0 Å². The molecule has 1 unspecified atom stereocenters. The molecule has 18 heavy (non-hydrogen) atoms. The maximum atomic E-state index is 13.5. The molecule has 1 rings (SSSR count). The maximum absolute atomic E-state index is 13.5. The van der Waals surface area contributed by atoms with E-state index in [-0.39, 0.29) is 24.3 Å². The van der Waals surface area contributed by atoms with E-state index in [0.717, 1.165) is 0 Å². The predicted octanol–water partition coefficient (Wildman–Crippen LogP) is 3.57. The third-order valence-corrected chi connectivity index (χ3v) is 2.33. The van der Waals surface area contributed by atoms with Gasteiger partial charge in [0.15, 0.2) is 0 Å². The van der Waals surface area contributed by atoms with E-state index >= 15 is 0 Å². The van der Waals surface area contributed by atoms with E-state index < -0.39 is 24.5 Å². The first kappa shape index (κ1) is 14.8. The average Bonchev–Trinajstić information content (AvgIpc) is 2.22. The van der Waals surface area contributed by atoms with E-state index in [2.05, 4.69) is 0 Å². The van der Waals surface area contributed by atoms with Crippen molar-refractivity contribution in [3.63, 3.8) is 0 Å². The summed E-state index contributed by atoms with van der Waals surface area (Å²) < 4.78 is 54.4. The van der Waals surface area contributed by atoms with Gasteiger partial charge in [-0.25, -0.2) is 4.39 Å². The molecule has 2 N–H and O–H groups in total. The third kappa shape index (κ3) is 4.52. The number of hydrogen-bond acceptors (Lipinski definition) is 2. The van der Waals surface area contributed by atoms with Crippen LogP contribution in [0.1, 0.15) is 31.4 Å². The van der Waals surface area contributed by atoms with Crippen molar-refractivity contribution in [2.24, 2.45) is 5.73 Å². The number of rotatable bonds is 5. The molecule has 0 aliphatic carbocycles. The smallest absolute Gasteiger partial charge is 0.389 e. The van der Waals surface area contributed by atoms with Gasteiger partial charge in [0.1, 0.15) is 11.6 Å². The van der Waals surface area contributed by atoms with Gasteiger partial charge in [0.05, 0.1) is 6.61 Å². The van der Waals surface area contributed by atoms with E-state index in [1.165, 1.54) is 18.2 Å². The van der Waals surface area contributed by atoms with Crippen LogP contribution >= 0.6 is 0 Å². The van der Waals surface area contributed by atoms with Gasteiger partial charge in [0.2, 0.25) is 0 Å². The summed E-state index contributed by atoms with van der Waals surface area (Å²) in [4.78, 5) is 0. The van der Waals surface area contributed by atoms with Gasteiger partial charge >= 0.3 is 6.18 Å². The van der Waals surface area contributed by atoms with Crippen LogP contribution in [0.2, 0.25) is 0 Å². The third-order valence-electron chi connectivity index (χ3n) is 2.33. The lowest BCUT2D eigenvalue weighted by atomic mass is 10.1. The second kappa shape index (κ2) is 6.04. The van der Waals surface area contributed by atoms with Crippen molar-refractivity contribution in [1.82, 2.24) is 0 Å². The van der Waals surface area contributed by atoms with Gasteiger partial charge in [-0.15, -0.1) is 0 Å². The fourth-order valence-corrected chi connectivity index (χ4v) is 1.54. The molecule has 102 valence electrons. The van der Waals surface area contributed by atoms with Crippen molar-refractivity contribution >= 4 is 0 Å². The van der Waals surface area contributed by atoms with Gasteiger partial charge in [-0.05, 0) is 25.5 Å². The Balaban J connectivity index is 2.60. The maximum Gasteiger partial charge on any atom is 0.389 e. The van der Waals surface area contributed by atoms with Gasteiger partial charge in [0, 0.05) is 18.0 Å². The Bertz CT molecular complexity index is 390. The predicted molar refractivity (Wildman–Crippen MR) is 59.8 cm³/mol. The number of ether oxygens (including phenoxy) is 1.